The third-order valence-corrected chi connectivity index (χ3v) is 4.23. The average Bonchev–Trinajstić information content (AvgIpc) is 2.56. The van der Waals surface area contributed by atoms with Gasteiger partial charge in [0.1, 0.15) is 5.75 Å². The Morgan fingerprint density at radius 3 is 2.75 bits per heavy atom. The van der Waals surface area contributed by atoms with E-state index in [4.69, 9.17) is 9.47 Å². The third-order valence-electron chi connectivity index (χ3n) is 4.23. The highest BCUT2D eigenvalue weighted by Gasteiger charge is 2.31. The van der Waals surface area contributed by atoms with Crippen molar-refractivity contribution >= 4 is 23.2 Å². The molecule has 1 atom stereocenters. The summed E-state index contributed by atoms with van der Waals surface area (Å²) in [6.45, 7) is 7.88. The van der Waals surface area contributed by atoms with E-state index in [9.17, 15) is 9.59 Å². The molecule has 24 heavy (non-hydrogen) atoms. The van der Waals surface area contributed by atoms with Crippen LogP contribution < -0.4 is 15.0 Å². The number of ether oxygens (including phenoxy) is 2. The van der Waals surface area contributed by atoms with Gasteiger partial charge in [-0.3, -0.25) is 14.5 Å². The van der Waals surface area contributed by atoms with E-state index in [1.807, 2.05) is 6.07 Å². The molecule has 1 saturated heterocycles. The number of morpholine rings is 1. The minimum atomic E-state index is -0.533. The standard InChI is InChI=1S/C17H23N3O4/c1-12-17(22)20(6-5-19-7-9-23-10-8-19)15-4-3-14(18-13(2)21)11-16(15)24-12/h3-4,11-12H,5-10H2,1-2H3,(H,18,21). The number of hydrogen-bond acceptors (Lipinski definition) is 5. The van der Waals surface area contributed by atoms with Crippen molar-refractivity contribution in [3.63, 3.8) is 0 Å². The van der Waals surface area contributed by atoms with Crippen LogP contribution in [0.5, 0.6) is 5.75 Å². The van der Waals surface area contributed by atoms with Crippen molar-refractivity contribution in [2.75, 3.05) is 49.6 Å². The Kier molecular flexibility index (Phi) is 5.01. The normalized spacial score (nSPS) is 21.2. The van der Waals surface area contributed by atoms with Crippen LogP contribution in [0.25, 0.3) is 0 Å². The monoisotopic (exact) mass is 333 g/mol. The molecular weight excluding hydrogens is 310 g/mol. The maximum Gasteiger partial charge on any atom is 0.267 e. The van der Waals surface area contributed by atoms with E-state index in [1.165, 1.54) is 6.92 Å². The first-order valence-corrected chi connectivity index (χ1v) is 8.24. The average molecular weight is 333 g/mol. The quantitative estimate of drug-likeness (QED) is 0.893. The van der Waals surface area contributed by atoms with E-state index in [1.54, 1.807) is 24.0 Å². The molecule has 1 aromatic carbocycles. The highest BCUT2D eigenvalue weighted by molar-refractivity contribution is 6.00. The molecule has 0 bridgehead atoms. The Morgan fingerprint density at radius 1 is 1.29 bits per heavy atom. The van der Waals surface area contributed by atoms with Crippen LogP contribution in [0.1, 0.15) is 13.8 Å². The smallest absolute Gasteiger partial charge is 0.267 e. The molecule has 7 heteroatoms. The van der Waals surface area contributed by atoms with Crippen LogP contribution in [0.2, 0.25) is 0 Å². The van der Waals surface area contributed by atoms with Gasteiger partial charge in [-0.1, -0.05) is 0 Å². The van der Waals surface area contributed by atoms with Crippen LogP contribution >= 0.6 is 0 Å². The molecule has 2 aliphatic rings. The lowest BCUT2D eigenvalue weighted by Gasteiger charge is -2.35. The SMILES string of the molecule is CC(=O)Nc1ccc2c(c1)OC(C)C(=O)N2CCN1CCOCC1. The molecule has 2 amide bonds. The molecule has 0 radical (unpaired) electrons. The second-order valence-corrected chi connectivity index (χ2v) is 6.07. The van der Waals surface area contributed by atoms with Gasteiger partial charge in [-0.15, -0.1) is 0 Å². The molecule has 1 aromatic rings. The number of nitrogens with zero attached hydrogens (tertiary/aromatic N) is 2. The van der Waals surface area contributed by atoms with Gasteiger partial charge in [-0.25, -0.2) is 0 Å². The predicted molar refractivity (Wildman–Crippen MR) is 90.4 cm³/mol. The molecule has 3 rings (SSSR count). The summed E-state index contributed by atoms with van der Waals surface area (Å²) in [5, 5.41) is 2.73. The Labute approximate surface area is 141 Å². The van der Waals surface area contributed by atoms with Gasteiger partial charge in [-0.2, -0.15) is 0 Å². The summed E-state index contributed by atoms with van der Waals surface area (Å²) in [4.78, 5) is 27.8. The minimum absolute atomic E-state index is 0.0389. The first-order valence-electron chi connectivity index (χ1n) is 8.24. The number of amides is 2. The minimum Gasteiger partial charge on any atom is -0.479 e. The number of fused-ring (bicyclic) bond motifs is 1. The summed E-state index contributed by atoms with van der Waals surface area (Å²) < 4.78 is 11.1. The fourth-order valence-electron chi connectivity index (χ4n) is 2.99. The number of benzene rings is 1. The first-order chi connectivity index (χ1) is 11.5. The highest BCUT2D eigenvalue weighted by Crippen LogP contribution is 2.36. The lowest BCUT2D eigenvalue weighted by atomic mass is 10.1. The number of nitrogens with one attached hydrogen (secondary N) is 1. The van der Waals surface area contributed by atoms with Crippen molar-refractivity contribution in [2.24, 2.45) is 0 Å². The Balaban J connectivity index is 1.76. The summed E-state index contributed by atoms with van der Waals surface area (Å²) in [6.07, 6.45) is -0.533. The third kappa shape index (κ3) is 3.68. The van der Waals surface area contributed by atoms with Gasteiger partial charge in [0, 0.05) is 44.9 Å². The van der Waals surface area contributed by atoms with Crippen molar-refractivity contribution in [1.82, 2.24) is 4.90 Å². The number of carbonyl (C=O) groups is 2. The first kappa shape index (κ1) is 16.7. The van der Waals surface area contributed by atoms with Crippen molar-refractivity contribution < 1.29 is 19.1 Å². The van der Waals surface area contributed by atoms with Crippen LogP contribution in [0.4, 0.5) is 11.4 Å². The summed E-state index contributed by atoms with van der Waals surface area (Å²) in [5.74, 6) is 0.442. The number of anilines is 2. The zero-order chi connectivity index (χ0) is 17.1. The second-order valence-electron chi connectivity index (χ2n) is 6.07. The lowest BCUT2D eigenvalue weighted by molar-refractivity contribution is -0.125. The van der Waals surface area contributed by atoms with E-state index in [-0.39, 0.29) is 11.8 Å². The number of carbonyl (C=O) groups excluding carboxylic acids is 2. The van der Waals surface area contributed by atoms with E-state index < -0.39 is 6.10 Å². The fraction of sp³-hybridized carbons (Fsp3) is 0.529. The zero-order valence-corrected chi connectivity index (χ0v) is 14.1. The van der Waals surface area contributed by atoms with Crippen LogP contribution in [-0.4, -0.2) is 62.2 Å². The molecule has 130 valence electrons. The van der Waals surface area contributed by atoms with Crippen molar-refractivity contribution in [3.05, 3.63) is 18.2 Å². The van der Waals surface area contributed by atoms with Crippen LogP contribution in [0, 0.1) is 0 Å². The van der Waals surface area contributed by atoms with Crippen molar-refractivity contribution in [3.8, 4) is 5.75 Å². The van der Waals surface area contributed by atoms with Gasteiger partial charge in [0.25, 0.3) is 5.91 Å². The second kappa shape index (κ2) is 7.19. The molecule has 0 saturated carbocycles. The van der Waals surface area contributed by atoms with Gasteiger partial charge < -0.3 is 19.7 Å². The van der Waals surface area contributed by atoms with Crippen LogP contribution in [0.3, 0.4) is 0 Å². The van der Waals surface area contributed by atoms with E-state index >= 15 is 0 Å². The predicted octanol–water partition coefficient (Wildman–Crippen LogP) is 1.09. The Bertz CT molecular complexity index is 628. The molecule has 0 aliphatic carbocycles. The lowest BCUT2D eigenvalue weighted by Crippen LogP contribution is -2.48. The topological polar surface area (TPSA) is 71.1 Å². The summed E-state index contributed by atoms with van der Waals surface area (Å²) in [6, 6.07) is 5.37. The largest absolute Gasteiger partial charge is 0.479 e. The molecule has 2 heterocycles. The van der Waals surface area contributed by atoms with E-state index in [0.717, 1.165) is 38.5 Å². The molecule has 1 unspecified atom stereocenters. The Hall–Kier alpha value is -2.12. The fourth-order valence-corrected chi connectivity index (χ4v) is 2.99. The van der Waals surface area contributed by atoms with Crippen LogP contribution in [-0.2, 0) is 14.3 Å². The van der Waals surface area contributed by atoms with E-state index in [0.29, 0.717) is 18.0 Å². The van der Waals surface area contributed by atoms with Gasteiger partial charge in [0.15, 0.2) is 6.10 Å². The van der Waals surface area contributed by atoms with Crippen molar-refractivity contribution in [1.29, 1.82) is 0 Å². The molecule has 7 nitrogen and oxygen atoms in total. The van der Waals surface area contributed by atoms with Gasteiger partial charge in [0.05, 0.1) is 18.9 Å². The van der Waals surface area contributed by atoms with Gasteiger partial charge in [-0.05, 0) is 19.1 Å². The van der Waals surface area contributed by atoms with E-state index in [2.05, 4.69) is 10.2 Å². The maximum absolute atomic E-state index is 12.5. The van der Waals surface area contributed by atoms with Gasteiger partial charge >= 0.3 is 0 Å². The molecule has 1 N–H and O–H groups in total. The summed E-state index contributed by atoms with van der Waals surface area (Å²) in [7, 11) is 0. The van der Waals surface area contributed by atoms with Gasteiger partial charge in [0.2, 0.25) is 5.91 Å². The van der Waals surface area contributed by atoms with Crippen molar-refractivity contribution in [2.45, 2.75) is 20.0 Å². The highest BCUT2D eigenvalue weighted by atomic mass is 16.5. The molecular formula is C17H23N3O4. The number of hydrogen-bond donors (Lipinski definition) is 1. The maximum atomic E-state index is 12.5. The number of rotatable bonds is 4. The zero-order valence-electron chi connectivity index (χ0n) is 14.1. The molecule has 0 spiro atoms. The molecule has 2 aliphatic heterocycles. The van der Waals surface area contributed by atoms with Crippen LogP contribution in [0.15, 0.2) is 18.2 Å². The molecule has 1 fully saturated rings. The summed E-state index contributed by atoms with van der Waals surface area (Å²) in [5.41, 5.74) is 1.41. The summed E-state index contributed by atoms with van der Waals surface area (Å²) >= 11 is 0. The molecule has 0 aromatic heterocycles. The Morgan fingerprint density at radius 2 is 2.04 bits per heavy atom.